The fourth-order valence-corrected chi connectivity index (χ4v) is 4.59. The molecule has 0 spiro atoms. The number of hydrogen-bond donors (Lipinski definition) is 0. The number of rotatable bonds is 19. The normalized spacial score (nSPS) is 11.0. The Balaban J connectivity index is 1.35. The molecule has 5 heteroatoms. The Morgan fingerprint density at radius 1 is 0.667 bits per heavy atom. The van der Waals surface area contributed by atoms with Crippen molar-refractivity contribution in [2.75, 3.05) is 13.2 Å². The van der Waals surface area contributed by atoms with E-state index in [-0.39, 0.29) is 18.4 Å². The lowest BCUT2D eigenvalue weighted by Gasteiger charge is -2.09. The smallest absolute Gasteiger partial charge is 0.338 e. The molecule has 0 heterocycles. The zero-order valence-electron chi connectivity index (χ0n) is 25.7. The first-order valence-corrected chi connectivity index (χ1v) is 15.7. The molecule has 0 aromatic heterocycles. The fraction of sp³-hybridized carbons (Fsp3) is 0.459. The van der Waals surface area contributed by atoms with Crippen LogP contribution in [0.5, 0.6) is 11.5 Å². The molecule has 0 fully saturated rings. The van der Waals surface area contributed by atoms with Crippen molar-refractivity contribution in [2.45, 2.75) is 91.4 Å². The Bertz CT molecular complexity index is 1180. The van der Waals surface area contributed by atoms with Crippen molar-refractivity contribution < 1.29 is 23.8 Å². The maximum atomic E-state index is 12.4. The number of carbonyl (C=O) groups excluding carboxylic acids is 2. The predicted molar refractivity (Wildman–Crippen MR) is 170 cm³/mol. The summed E-state index contributed by atoms with van der Waals surface area (Å²) in [6.07, 6.45) is 12.0. The van der Waals surface area contributed by atoms with Gasteiger partial charge < -0.3 is 14.2 Å². The molecule has 3 aromatic carbocycles. The van der Waals surface area contributed by atoms with E-state index in [0.29, 0.717) is 30.3 Å². The molecule has 3 aromatic rings. The third-order valence-electron chi connectivity index (χ3n) is 7.28. The minimum absolute atomic E-state index is 0.267. The first kappa shape index (κ1) is 32.9. The minimum atomic E-state index is -0.365. The zero-order valence-corrected chi connectivity index (χ0v) is 25.7. The van der Waals surface area contributed by atoms with Crippen molar-refractivity contribution in [1.82, 2.24) is 0 Å². The van der Waals surface area contributed by atoms with Gasteiger partial charge >= 0.3 is 11.9 Å². The maximum absolute atomic E-state index is 12.4. The molecule has 0 N–H and O–H groups in total. The van der Waals surface area contributed by atoms with Gasteiger partial charge in [-0.15, -0.1) is 0 Å². The summed E-state index contributed by atoms with van der Waals surface area (Å²) in [5, 5.41) is 0. The first-order chi connectivity index (χ1) is 20.4. The lowest BCUT2D eigenvalue weighted by atomic mass is 10.0. The van der Waals surface area contributed by atoms with Crippen molar-refractivity contribution in [2.24, 2.45) is 5.92 Å². The number of esters is 2. The molecule has 42 heavy (non-hydrogen) atoms. The molecule has 0 saturated carbocycles. The van der Waals surface area contributed by atoms with Gasteiger partial charge in [-0.1, -0.05) is 102 Å². The van der Waals surface area contributed by atoms with Gasteiger partial charge in [0.2, 0.25) is 0 Å². The van der Waals surface area contributed by atoms with Gasteiger partial charge in [0.05, 0.1) is 18.8 Å². The number of hydrogen-bond acceptors (Lipinski definition) is 5. The molecule has 226 valence electrons. The van der Waals surface area contributed by atoms with Gasteiger partial charge in [-0.2, -0.15) is 0 Å². The predicted octanol–water partition coefficient (Wildman–Crippen LogP) is 9.61. The van der Waals surface area contributed by atoms with Crippen molar-refractivity contribution in [3.8, 4) is 22.6 Å². The van der Waals surface area contributed by atoms with Gasteiger partial charge in [-0.3, -0.25) is 4.79 Å². The quantitative estimate of drug-likeness (QED) is 0.0813. The van der Waals surface area contributed by atoms with E-state index in [1.165, 1.54) is 44.9 Å². The average molecular weight is 573 g/mol. The van der Waals surface area contributed by atoms with E-state index in [2.05, 4.69) is 57.2 Å². The van der Waals surface area contributed by atoms with Crippen LogP contribution in [0, 0.1) is 5.92 Å². The van der Waals surface area contributed by atoms with Crippen LogP contribution in [0.3, 0.4) is 0 Å². The summed E-state index contributed by atoms with van der Waals surface area (Å²) in [6.45, 7) is 7.59. The summed E-state index contributed by atoms with van der Waals surface area (Å²) >= 11 is 0. The van der Waals surface area contributed by atoms with E-state index in [9.17, 15) is 9.59 Å². The van der Waals surface area contributed by atoms with Gasteiger partial charge in [0, 0.05) is 6.42 Å². The van der Waals surface area contributed by atoms with Crippen molar-refractivity contribution in [3.63, 3.8) is 0 Å². The van der Waals surface area contributed by atoms with Gasteiger partial charge in [-0.05, 0) is 78.3 Å². The van der Waals surface area contributed by atoms with Crippen LogP contribution in [-0.4, -0.2) is 25.2 Å². The monoisotopic (exact) mass is 572 g/mol. The van der Waals surface area contributed by atoms with Crippen LogP contribution in [0.25, 0.3) is 11.1 Å². The van der Waals surface area contributed by atoms with Gasteiger partial charge in [0.1, 0.15) is 11.5 Å². The largest absolute Gasteiger partial charge is 0.494 e. The van der Waals surface area contributed by atoms with Crippen molar-refractivity contribution in [3.05, 3.63) is 83.9 Å². The van der Waals surface area contributed by atoms with E-state index in [0.717, 1.165) is 41.9 Å². The zero-order chi connectivity index (χ0) is 30.0. The summed E-state index contributed by atoms with van der Waals surface area (Å²) in [6, 6.07) is 23.0. The lowest BCUT2D eigenvalue weighted by molar-refractivity contribution is -0.134. The molecule has 0 unspecified atom stereocenters. The average Bonchev–Trinajstić information content (AvgIpc) is 3.00. The minimum Gasteiger partial charge on any atom is -0.494 e. The molecule has 0 saturated heterocycles. The standard InChI is InChI=1S/C37H48O5/c1-4-5-6-7-8-9-10-11-27-40-34-21-17-32(18-22-34)31-15-12-30(13-16-31)14-25-36(38)42-35-23-19-33(20-24-35)37(39)41-28-26-29(2)3/h12-13,15-24,29H,4-11,14,25-28H2,1-3H3. The molecular weight excluding hydrogens is 524 g/mol. The Hall–Kier alpha value is -3.60. The highest BCUT2D eigenvalue weighted by Crippen LogP contribution is 2.24. The van der Waals surface area contributed by atoms with Crippen LogP contribution in [0.2, 0.25) is 0 Å². The second-order valence-electron chi connectivity index (χ2n) is 11.4. The second kappa shape index (κ2) is 18.8. The summed E-state index contributed by atoms with van der Waals surface area (Å²) in [7, 11) is 0. The van der Waals surface area contributed by atoms with E-state index in [1.54, 1.807) is 24.3 Å². The van der Waals surface area contributed by atoms with Crippen molar-refractivity contribution in [1.29, 1.82) is 0 Å². The van der Waals surface area contributed by atoms with E-state index < -0.39 is 0 Å². The van der Waals surface area contributed by atoms with Crippen LogP contribution in [0.15, 0.2) is 72.8 Å². The molecule has 3 rings (SSSR count). The SMILES string of the molecule is CCCCCCCCCCOc1ccc(-c2ccc(CCC(=O)Oc3ccc(C(=O)OCCC(C)C)cc3)cc2)cc1. The first-order valence-electron chi connectivity index (χ1n) is 15.7. The molecule has 5 nitrogen and oxygen atoms in total. The summed E-state index contributed by atoms with van der Waals surface area (Å²) in [5.41, 5.74) is 3.77. The second-order valence-corrected chi connectivity index (χ2v) is 11.4. The number of ether oxygens (including phenoxy) is 3. The molecule has 0 amide bonds. The highest BCUT2D eigenvalue weighted by atomic mass is 16.5. The molecule has 0 atom stereocenters. The van der Waals surface area contributed by atoms with Crippen LogP contribution < -0.4 is 9.47 Å². The van der Waals surface area contributed by atoms with E-state index in [4.69, 9.17) is 14.2 Å². The highest BCUT2D eigenvalue weighted by Gasteiger charge is 2.10. The Morgan fingerprint density at radius 3 is 1.86 bits per heavy atom. The third-order valence-corrected chi connectivity index (χ3v) is 7.28. The molecule has 0 radical (unpaired) electrons. The topological polar surface area (TPSA) is 61.8 Å². The van der Waals surface area contributed by atoms with Crippen molar-refractivity contribution >= 4 is 11.9 Å². The summed E-state index contributed by atoms with van der Waals surface area (Å²) in [5.74, 6) is 1.13. The molecule has 0 aliphatic heterocycles. The maximum Gasteiger partial charge on any atom is 0.338 e. The lowest BCUT2D eigenvalue weighted by Crippen LogP contribution is -2.10. The summed E-state index contributed by atoms with van der Waals surface area (Å²) < 4.78 is 16.7. The Kier molecular flexibility index (Phi) is 14.7. The number of aryl methyl sites for hydroxylation is 1. The van der Waals surface area contributed by atoms with Gasteiger partial charge in [-0.25, -0.2) is 4.79 Å². The molecular formula is C37H48O5. The van der Waals surface area contributed by atoms with E-state index >= 15 is 0 Å². The molecule has 0 bridgehead atoms. The number of unbranched alkanes of at least 4 members (excludes halogenated alkanes) is 7. The van der Waals surface area contributed by atoms with Crippen LogP contribution >= 0.6 is 0 Å². The fourth-order valence-electron chi connectivity index (χ4n) is 4.59. The van der Waals surface area contributed by atoms with Gasteiger partial charge in [0.25, 0.3) is 0 Å². The summed E-state index contributed by atoms with van der Waals surface area (Å²) in [4.78, 5) is 24.5. The number of benzene rings is 3. The van der Waals surface area contributed by atoms with Crippen LogP contribution in [0.4, 0.5) is 0 Å². The Morgan fingerprint density at radius 2 is 1.24 bits per heavy atom. The molecule has 0 aliphatic rings. The number of carbonyl (C=O) groups is 2. The molecule has 0 aliphatic carbocycles. The van der Waals surface area contributed by atoms with Gasteiger partial charge in [0.15, 0.2) is 0 Å². The third kappa shape index (κ3) is 12.5. The highest BCUT2D eigenvalue weighted by molar-refractivity contribution is 5.89. The van der Waals surface area contributed by atoms with Crippen LogP contribution in [0.1, 0.15) is 101 Å². The Labute approximate surface area is 252 Å². The van der Waals surface area contributed by atoms with E-state index in [1.807, 2.05) is 12.1 Å². The van der Waals surface area contributed by atoms with Crippen LogP contribution in [-0.2, 0) is 16.0 Å².